The Morgan fingerprint density at radius 1 is 1.59 bits per heavy atom. The van der Waals surface area contributed by atoms with E-state index in [1.807, 2.05) is 6.07 Å². The molecule has 1 saturated heterocycles. The fraction of sp³-hybridized carbons (Fsp3) is 0.692. The molecule has 17 heavy (non-hydrogen) atoms. The van der Waals surface area contributed by atoms with E-state index >= 15 is 0 Å². The Morgan fingerprint density at radius 2 is 2.53 bits per heavy atom. The van der Waals surface area contributed by atoms with E-state index in [0.29, 0.717) is 12.1 Å². The highest BCUT2D eigenvalue weighted by atomic mass is 16.5. The quantitative estimate of drug-likeness (QED) is 0.820. The van der Waals surface area contributed by atoms with Gasteiger partial charge >= 0.3 is 0 Å². The second kappa shape index (κ2) is 6.67. The van der Waals surface area contributed by atoms with E-state index in [1.54, 1.807) is 12.5 Å². The first-order chi connectivity index (χ1) is 8.40. The molecular formula is C13H21N3O. The molecule has 2 heterocycles. The third-order valence-corrected chi connectivity index (χ3v) is 3.21. The summed E-state index contributed by atoms with van der Waals surface area (Å²) in [5.74, 6) is 0. The van der Waals surface area contributed by atoms with Crippen molar-refractivity contribution in [2.75, 3.05) is 13.2 Å². The lowest BCUT2D eigenvalue weighted by atomic mass is 10.0. The molecule has 0 radical (unpaired) electrons. The summed E-state index contributed by atoms with van der Waals surface area (Å²) < 4.78 is 5.66. The van der Waals surface area contributed by atoms with Gasteiger partial charge in [0.2, 0.25) is 0 Å². The highest BCUT2D eigenvalue weighted by Gasteiger charge is 2.18. The minimum Gasteiger partial charge on any atom is -0.378 e. The number of hydrogen-bond donors (Lipinski definition) is 1. The molecule has 1 N–H and O–H groups in total. The fourth-order valence-corrected chi connectivity index (χ4v) is 2.33. The molecule has 0 spiro atoms. The number of rotatable bonds is 6. The van der Waals surface area contributed by atoms with Crippen LogP contribution in [0.3, 0.4) is 0 Å². The van der Waals surface area contributed by atoms with Gasteiger partial charge in [0.15, 0.2) is 0 Å². The van der Waals surface area contributed by atoms with Gasteiger partial charge in [0.05, 0.1) is 11.8 Å². The highest BCUT2D eigenvalue weighted by Crippen LogP contribution is 2.22. The highest BCUT2D eigenvalue weighted by molar-refractivity contribution is 5.04. The minimum atomic E-state index is 0.326. The minimum absolute atomic E-state index is 0.326. The van der Waals surface area contributed by atoms with Crippen molar-refractivity contribution < 1.29 is 4.74 Å². The molecule has 1 aromatic heterocycles. The van der Waals surface area contributed by atoms with Crippen LogP contribution in [0.15, 0.2) is 18.6 Å². The van der Waals surface area contributed by atoms with Gasteiger partial charge in [-0.15, -0.1) is 0 Å². The summed E-state index contributed by atoms with van der Waals surface area (Å²) >= 11 is 0. The lowest BCUT2D eigenvalue weighted by Gasteiger charge is -2.18. The molecule has 2 rings (SSSR count). The van der Waals surface area contributed by atoms with Crippen molar-refractivity contribution >= 4 is 0 Å². The van der Waals surface area contributed by atoms with Gasteiger partial charge in [0.1, 0.15) is 6.33 Å². The van der Waals surface area contributed by atoms with Gasteiger partial charge in [-0.2, -0.15) is 0 Å². The molecule has 1 aromatic rings. The van der Waals surface area contributed by atoms with E-state index in [1.165, 1.54) is 12.8 Å². The van der Waals surface area contributed by atoms with E-state index in [9.17, 15) is 0 Å². The molecular weight excluding hydrogens is 214 g/mol. The number of ether oxygens (including phenoxy) is 1. The standard InChI is InChI=1S/C13H21N3O/c1-2-15-12(13-7-8-14-10-16-13)6-5-11-4-3-9-17-11/h7-8,10-12,15H,2-6,9H2,1H3. The lowest BCUT2D eigenvalue weighted by molar-refractivity contribution is 0.0995. The van der Waals surface area contributed by atoms with Crippen LogP contribution < -0.4 is 5.32 Å². The summed E-state index contributed by atoms with van der Waals surface area (Å²) in [7, 11) is 0. The Morgan fingerprint density at radius 3 is 3.18 bits per heavy atom. The Labute approximate surface area is 103 Å². The Balaban J connectivity index is 1.88. The molecule has 0 aromatic carbocycles. The number of nitrogens with zero attached hydrogens (tertiary/aromatic N) is 2. The summed E-state index contributed by atoms with van der Waals surface area (Å²) in [6.07, 6.45) is 8.49. The monoisotopic (exact) mass is 235 g/mol. The molecule has 4 nitrogen and oxygen atoms in total. The Hall–Kier alpha value is -1.00. The van der Waals surface area contributed by atoms with Crippen molar-refractivity contribution in [2.45, 2.75) is 44.8 Å². The van der Waals surface area contributed by atoms with E-state index < -0.39 is 0 Å². The fourth-order valence-electron chi connectivity index (χ4n) is 2.33. The van der Waals surface area contributed by atoms with Crippen LogP contribution >= 0.6 is 0 Å². The third-order valence-electron chi connectivity index (χ3n) is 3.21. The summed E-state index contributed by atoms with van der Waals surface area (Å²) in [5, 5.41) is 3.48. The topological polar surface area (TPSA) is 47.0 Å². The Bertz CT molecular complexity index is 312. The number of aromatic nitrogens is 2. The zero-order chi connectivity index (χ0) is 11.9. The maximum atomic E-state index is 5.66. The van der Waals surface area contributed by atoms with E-state index in [0.717, 1.165) is 31.7 Å². The molecule has 94 valence electrons. The van der Waals surface area contributed by atoms with Crippen LogP contribution in [0.4, 0.5) is 0 Å². The maximum absolute atomic E-state index is 5.66. The summed E-state index contributed by atoms with van der Waals surface area (Å²) in [4.78, 5) is 8.29. The van der Waals surface area contributed by atoms with Gasteiger partial charge in [-0.3, -0.25) is 0 Å². The first-order valence-corrected chi connectivity index (χ1v) is 6.51. The van der Waals surface area contributed by atoms with E-state index in [2.05, 4.69) is 22.2 Å². The first-order valence-electron chi connectivity index (χ1n) is 6.51. The van der Waals surface area contributed by atoms with Gasteiger partial charge in [0.25, 0.3) is 0 Å². The SMILES string of the molecule is CCNC(CCC1CCCO1)c1ccncn1. The van der Waals surface area contributed by atoms with Crippen LogP contribution in [0.5, 0.6) is 0 Å². The van der Waals surface area contributed by atoms with Crippen LogP contribution in [0.2, 0.25) is 0 Å². The van der Waals surface area contributed by atoms with Crippen LogP contribution in [-0.4, -0.2) is 29.2 Å². The summed E-state index contributed by atoms with van der Waals surface area (Å²) in [6, 6.07) is 2.32. The van der Waals surface area contributed by atoms with Crippen LogP contribution in [0.25, 0.3) is 0 Å². The largest absolute Gasteiger partial charge is 0.378 e. The molecule has 2 unspecified atom stereocenters. The molecule has 1 aliphatic rings. The van der Waals surface area contributed by atoms with Crippen molar-refractivity contribution in [1.29, 1.82) is 0 Å². The van der Waals surface area contributed by atoms with Gasteiger partial charge in [-0.1, -0.05) is 6.92 Å². The maximum Gasteiger partial charge on any atom is 0.115 e. The lowest BCUT2D eigenvalue weighted by Crippen LogP contribution is -2.23. The number of nitrogens with one attached hydrogen (secondary N) is 1. The zero-order valence-electron chi connectivity index (χ0n) is 10.4. The smallest absolute Gasteiger partial charge is 0.115 e. The molecule has 0 bridgehead atoms. The molecule has 0 amide bonds. The van der Waals surface area contributed by atoms with Crippen molar-refractivity contribution in [3.05, 3.63) is 24.3 Å². The molecule has 0 aliphatic carbocycles. The normalized spacial score (nSPS) is 21.6. The van der Waals surface area contributed by atoms with Crippen molar-refractivity contribution in [3.63, 3.8) is 0 Å². The molecule has 1 fully saturated rings. The van der Waals surface area contributed by atoms with E-state index in [-0.39, 0.29) is 0 Å². The van der Waals surface area contributed by atoms with Gasteiger partial charge in [-0.05, 0) is 38.3 Å². The van der Waals surface area contributed by atoms with Crippen molar-refractivity contribution in [3.8, 4) is 0 Å². The van der Waals surface area contributed by atoms with Crippen molar-refractivity contribution in [1.82, 2.24) is 15.3 Å². The molecule has 2 atom stereocenters. The van der Waals surface area contributed by atoms with Crippen LogP contribution in [0.1, 0.15) is 44.3 Å². The predicted molar refractivity (Wildman–Crippen MR) is 66.7 cm³/mol. The summed E-state index contributed by atoms with van der Waals surface area (Å²) in [5.41, 5.74) is 1.08. The second-order valence-corrected chi connectivity index (χ2v) is 4.46. The van der Waals surface area contributed by atoms with Crippen LogP contribution in [-0.2, 0) is 4.74 Å². The molecule has 1 aliphatic heterocycles. The average Bonchev–Trinajstić information content (AvgIpc) is 2.88. The first kappa shape index (κ1) is 12.5. The second-order valence-electron chi connectivity index (χ2n) is 4.46. The van der Waals surface area contributed by atoms with Gasteiger partial charge in [0, 0.05) is 18.8 Å². The van der Waals surface area contributed by atoms with Crippen molar-refractivity contribution in [2.24, 2.45) is 0 Å². The molecule has 4 heteroatoms. The van der Waals surface area contributed by atoms with E-state index in [4.69, 9.17) is 4.74 Å². The summed E-state index contributed by atoms with van der Waals surface area (Å²) in [6.45, 7) is 4.02. The van der Waals surface area contributed by atoms with Crippen LogP contribution in [0, 0.1) is 0 Å². The van der Waals surface area contributed by atoms with Gasteiger partial charge in [-0.25, -0.2) is 9.97 Å². The Kier molecular flexibility index (Phi) is 4.88. The molecule has 0 saturated carbocycles. The van der Waals surface area contributed by atoms with Gasteiger partial charge < -0.3 is 10.1 Å². The zero-order valence-corrected chi connectivity index (χ0v) is 10.4. The third kappa shape index (κ3) is 3.75. The average molecular weight is 235 g/mol. The number of hydrogen-bond acceptors (Lipinski definition) is 4. The predicted octanol–water partition coefficient (Wildman–Crippen LogP) is 2.09.